The van der Waals surface area contributed by atoms with Gasteiger partial charge in [-0.3, -0.25) is 4.90 Å². The second kappa shape index (κ2) is 4.87. The molecule has 1 aliphatic heterocycles. The van der Waals surface area contributed by atoms with Crippen molar-refractivity contribution in [3.8, 4) is 0 Å². The number of rotatable bonds is 2. The summed E-state index contributed by atoms with van der Waals surface area (Å²) in [5.74, 6) is -0.430. The van der Waals surface area contributed by atoms with Gasteiger partial charge in [0.25, 0.3) is 0 Å². The minimum absolute atomic E-state index is 0.156. The molecule has 0 saturated carbocycles. The highest BCUT2D eigenvalue weighted by Gasteiger charge is 2.32. The molecule has 1 aromatic carbocycles. The lowest BCUT2D eigenvalue weighted by atomic mass is 10.2. The van der Waals surface area contributed by atoms with Gasteiger partial charge in [0.15, 0.2) is 0 Å². The van der Waals surface area contributed by atoms with E-state index in [2.05, 4.69) is 38.5 Å². The van der Waals surface area contributed by atoms with Crippen molar-refractivity contribution in [3.63, 3.8) is 0 Å². The molecule has 0 aromatic heterocycles. The molecule has 16 heavy (non-hydrogen) atoms. The quantitative estimate of drug-likeness (QED) is 0.563. The predicted octanol–water partition coefficient (Wildman–Crippen LogP) is 3.35. The van der Waals surface area contributed by atoms with E-state index in [4.69, 9.17) is 4.74 Å². The van der Waals surface area contributed by atoms with E-state index in [1.54, 1.807) is 12.1 Å². The maximum atomic E-state index is 13.6. The molecule has 1 heterocycles. The van der Waals surface area contributed by atoms with Gasteiger partial charge in [-0.2, -0.15) is 0 Å². The standard InChI is InChI=1S/C10H8BrFINO2/c11-6-1-2-9(8(12)3-6)14-5-7(4-13)16-10(14)15/h1-3,7H,4-5H2. The van der Waals surface area contributed by atoms with Crippen molar-refractivity contribution in [2.75, 3.05) is 15.9 Å². The number of halogens is 3. The SMILES string of the molecule is O=C1OC(CI)CN1c1ccc(Br)cc1F. The van der Waals surface area contributed by atoms with Crippen LogP contribution in [-0.4, -0.2) is 23.2 Å². The van der Waals surface area contributed by atoms with Crippen molar-refractivity contribution in [2.24, 2.45) is 0 Å². The molecule has 1 aliphatic rings. The summed E-state index contributed by atoms with van der Waals surface area (Å²) in [6, 6.07) is 4.60. The number of amides is 1. The molecule has 6 heteroatoms. The molecule has 1 aromatic rings. The Bertz CT molecular complexity index is 429. The number of hydrogen-bond donors (Lipinski definition) is 0. The van der Waals surface area contributed by atoms with Crippen molar-refractivity contribution < 1.29 is 13.9 Å². The summed E-state index contributed by atoms with van der Waals surface area (Å²) in [4.78, 5) is 12.8. The van der Waals surface area contributed by atoms with Gasteiger partial charge in [0.05, 0.1) is 12.2 Å². The summed E-state index contributed by atoms with van der Waals surface area (Å²) in [7, 11) is 0. The van der Waals surface area contributed by atoms with Crippen LogP contribution in [0.2, 0.25) is 0 Å². The van der Waals surface area contributed by atoms with Crippen LogP contribution in [-0.2, 0) is 4.74 Å². The third-order valence-electron chi connectivity index (χ3n) is 2.25. The lowest BCUT2D eigenvalue weighted by Gasteiger charge is -2.13. The Hall–Kier alpha value is -0.370. The van der Waals surface area contributed by atoms with E-state index in [-0.39, 0.29) is 11.8 Å². The van der Waals surface area contributed by atoms with Gasteiger partial charge in [-0.1, -0.05) is 38.5 Å². The number of carbonyl (C=O) groups is 1. The smallest absolute Gasteiger partial charge is 0.414 e. The van der Waals surface area contributed by atoms with Gasteiger partial charge in [0.2, 0.25) is 0 Å². The summed E-state index contributed by atoms with van der Waals surface area (Å²) in [6.07, 6.45) is -0.640. The first kappa shape index (κ1) is 12.1. The summed E-state index contributed by atoms with van der Waals surface area (Å²) in [5, 5.41) is 0. The third-order valence-corrected chi connectivity index (χ3v) is 3.72. The van der Waals surface area contributed by atoms with Crippen LogP contribution in [0.4, 0.5) is 14.9 Å². The lowest BCUT2D eigenvalue weighted by Crippen LogP contribution is -2.25. The molecule has 86 valence electrons. The normalized spacial score (nSPS) is 20.1. The van der Waals surface area contributed by atoms with Gasteiger partial charge < -0.3 is 4.74 Å². The molecular weight excluding hydrogens is 392 g/mol. The van der Waals surface area contributed by atoms with Gasteiger partial charge in [0, 0.05) is 8.90 Å². The molecule has 0 radical (unpaired) electrons. The Labute approximate surface area is 114 Å². The van der Waals surface area contributed by atoms with Gasteiger partial charge in [-0.05, 0) is 18.2 Å². The van der Waals surface area contributed by atoms with Gasteiger partial charge in [-0.15, -0.1) is 0 Å². The molecule has 2 rings (SSSR count). The first-order chi connectivity index (χ1) is 7.61. The maximum absolute atomic E-state index is 13.6. The Kier molecular flexibility index (Phi) is 3.68. The number of carbonyl (C=O) groups excluding carboxylic acids is 1. The summed E-state index contributed by atoms with van der Waals surface area (Å²) >= 11 is 5.31. The molecule has 0 bridgehead atoms. The Balaban J connectivity index is 2.28. The molecular formula is C10H8BrFINO2. The molecule has 0 spiro atoms. The Morgan fingerprint density at radius 1 is 1.62 bits per heavy atom. The fourth-order valence-electron chi connectivity index (χ4n) is 1.50. The average Bonchev–Trinajstić information content (AvgIpc) is 2.60. The zero-order valence-electron chi connectivity index (χ0n) is 8.12. The number of alkyl halides is 1. The van der Waals surface area contributed by atoms with Crippen LogP contribution in [0.5, 0.6) is 0 Å². The molecule has 1 saturated heterocycles. The van der Waals surface area contributed by atoms with Crippen molar-refractivity contribution in [1.82, 2.24) is 0 Å². The largest absolute Gasteiger partial charge is 0.443 e. The summed E-state index contributed by atoms with van der Waals surface area (Å²) < 4.78 is 20.0. The zero-order valence-corrected chi connectivity index (χ0v) is 11.9. The molecule has 1 atom stereocenters. The zero-order chi connectivity index (χ0) is 11.7. The van der Waals surface area contributed by atoms with E-state index in [0.29, 0.717) is 15.4 Å². The van der Waals surface area contributed by atoms with Crippen LogP contribution in [0.15, 0.2) is 22.7 Å². The molecule has 3 nitrogen and oxygen atoms in total. The van der Waals surface area contributed by atoms with Crippen molar-refractivity contribution in [2.45, 2.75) is 6.10 Å². The number of benzene rings is 1. The van der Waals surface area contributed by atoms with E-state index in [0.717, 1.165) is 0 Å². The van der Waals surface area contributed by atoms with Gasteiger partial charge in [-0.25, -0.2) is 9.18 Å². The number of hydrogen-bond acceptors (Lipinski definition) is 2. The van der Waals surface area contributed by atoms with Crippen LogP contribution in [0.3, 0.4) is 0 Å². The fraction of sp³-hybridized carbons (Fsp3) is 0.300. The van der Waals surface area contributed by atoms with Crippen LogP contribution >= 0.6 is 38.5 Å². The van der Waals surface area contributed by atoms with Crippen LogP contribution in [0, 0.1) is 5.82 Å². The minimum atomic E-state index is -0.483. The molecule has 0 aliphatic carbocycles. The minimum Gasteiger partial charge on any atom is -0.443 e. The van der Waals surface area contributed by atoms with Gasteiger partial charge in [0.1, 0.15) is 11.9 Å². The summed E-state index contributed by atoms with van der Waals surface area (Å²) in [6.45, 7) is 0.403. The van der Waals surface area contributed by atoms with E-state index in [1.165, 1.54) is 11.0 Å². The topological polar surface area (TPSA) is 29.5 Å². The number of ether oxygens (including phenoxy) is 1. The number of nitrogens with zero attached hydrogens (tertiary/aromatic N) is 1. The van der Waals surface area contributed by atoms with E-state index < -0.39 is 11.9 Å². The van der Waals surface area contributed by atoms with Crippen LogP contribution < -0.4 is 4.90 Å². The first-order valence-corrected chi connectivity index (χ1v) is 6.93. The highest BCUT2D eigenvalue weighted by Crippen LogP contribution is 2.27. The van der Waals surface area contributed by atoms with Crippen LogP contribution in [0.1, 0.15) is 0 Å². The number of cyclic esters (lactones) is 1. The predicted molar refractivity (Wildman–Crippen MR) is 70.6 cm³/mol. The van der Waals surface area contributed by atoms with Crippen molar-refractivity contribution >= 4 is 50.3 Å². The second-order valence-corrected chi connectivity index (χ2v) is 5.16. The highest BCUT2D eigenvalue weighted by molar-refractivity contribution is 14.1. The molecule has 1 amide bonds. The monoisotopic (exact) mass is 399 g/mol. The molecule has 1 unspecified atom stereocenters. The fourth-order valence-corrected chi connectivity index (χ4v) is 2.29. The van der Waals surface area contributed by atoms with E-state index >= 15 is 0 Å². The van der Waals surface area contributed by atoms with Gasteiger partial charge >= 0.3 is 6.09 Å². The van der Waals surface area contributed by atoms with Crippen molar-refractivity contribution in [1.29, 1.82) is 0 Å². The van der Waals surface area contributed by atoms with E-state index in [9.17, 15) is 9.18 Å². The van der Waals surface area contributed by atoms with Crippen molar-refractivity contribution in [3.05, 3.63) is 28.5 Å². The number of anilines is 1. The third kappa shape index (κ3) is 2.32. The molecule has 1 fully saturated rings. The Morgan fingerprint density at radius 2 is 2.38 bits per heavy atom. The first-order valence-electron chi connectivity index (χ1n) is 4.61. The Morgan fingerprint density at radius 3 is 2.94 bits per heavy atom. The maximum Gasteiger partial charge on any atom is 0.414 e. The lowest BCUT2D eigenvalue weighted by molar-refractivity contribution is 0.152. The molecule has 0 N–H and O–H groups in total. The second-order valence-electron chi connectivity index (χ2n) is 3.37. The highest BCUT2D eigenvalue weighted by atomic mass is 127. The van der Waals surface area contributed by atoms with E-state index in [1.807, 2.05) is 0 Å². The van der Waals surface area contributed by atoms with Crippen LogP contribution in [0.25, 0.3) is 0 Å². The summed E-state index contributed by atoms with van der Waals surface area (Å²) in [5.41, 5.74) is 0.264. The average molecular weight is 400 g/mol.